The van der Waals surface area contributed by atoms with Gasteiger partial charge in [0.25, 0.3) is 0 Å². The van der Waals surface area contributed by atoms with Gasteiger partial charge < -0.3 is 10.1 Å². The fraction of sp³-hybridized carbons (Fsp3) is 0.500. The molecule has 2 rings (SSSR count). The number of benzene rings is 1. The first-order chi connectivity index (χ1) is 7.70. The van der Waals surface area contributed by atoms with E-state index in [4.69, 9.17) is 27.9 Å². The molecule has 0 bridgehead atoms. The summed E-state index contributed by atoms with van der Waals surface area (Å²) in [6, 6.07) is 5.67. The maximum Gasteiger partial charge on any atom is 0.0954 e. The Labute approximate surface area is 106 Å². The van der Waals surface area contributed by atoms with Crippen LogP contribution in [0.15, 0.2) is 18.2 Å². The Balaban J connectivity index is 2.13. The van der Waals surface area contributed by atoms with Gasteiger partial charge in [0, 0.05) is 13.1 Å². The van der Waals surface area contributed by atoms with Crippen LogP contribution in [0.5, 0.6) is 0 Å². The molecule has 2 atom stereocenters. The minimum atomic E-state index is 0.0773. The van der Waals surface area contributed by atoms with Gasteiger partial charge in [0.15, 0.2) is 0 Å². The zero-order chi connectivity index (χ0) is 11.5. The number of morpholine rings is 1. The van der Waals surface area contributed by atoms with E-state index in [-0.39, 0.29) is 12.2 Å². The van der Waals surface area contributed by atoms with Crippen molar-refractivity contribution in [1.82, 2.24) is 5.32 Å². The summed E-state index contributed by atoms with van der Waals surface area (Å²) in [5, 5.41) is 4.54. The summed E-state index contributed by atoms with van der Waals surface area (Å²) in [6.45, 7) is 3.88. The van der Waals surface area contributed by atoms with E-state index in [0.717, 1.165) is 25.1 Å². The van der Waals surface area contributed by atoms with E-state index in [1.807, 2.05) is 18.2 Å². The Morgan fingerprint density at radius 3 is 2.81 bits per heavy atom. The molecule has 0 aromatic heterocycles. The Morgan fingerprint density at radius 2 is 2.12 bits per heavy atom. The normalized spacial score (nSPS) is 25.7. The van der Waals surface area contributed by atoms with E-state index in [2.05, 4.69) is 12.2 Å². The predicted octanol–water partition coefficient (Wildman–Crippen LogP) is 3.43. The van der Waals surface area contributed by atoms with E-state index in [1.165, 1.54) is 0 Å². The highest BCUT2D eigenvalue weighted by Crippen LogP contribution is 2.28. The first-order valence-electron chi connectivity index (χ1n) is 5.52. The van der Waals surface area contributed by atoms with Crippen molar-refractivity contribution < 1.29 is 4.74 Å². The van der Waals surface area contributed by atoms with Crippen molar-refractivity contribution in [1.29, 1.82) is 0 Å². The van der Waals surface area contributed by atoms with Gasteiger partial charge in [-0.2, -0.15) is 0 Å². The molecule has 1 fully saturated rings. The summed E-state index contributed by atoms with van der Waals surface area (Å²) in [5.41, 5.74) is 1.08. The molecule has 88 valence electrons. The van der Waals surface area contributed by atoms with Gasteiger partial charge in [0.2, 0.25) is 0 Å². The van der Waals surface area contributed by atoms with Crippen molar-refractivity contribution in [2.24, 2.45) is 0 Å². The van der Waals surface area contributed by atoms with Crippen LogP contribution in [0, 0.1) is 0 Å². The van der Waals surface area contributed by atoms with Crippen LogP contribution in [-0.2, 0) is 4.74 Å². The van der Waals surface area contributed by atoms with Crippen molar-refractivity contribution in [3.63, 3.8) is 0 Å². The van der Waals surface area contributed by atoms with E-state index in [0.29, 0.717) is 10.0 Å². The monoisotopic (exact) mass is 259 g/mol. The Morgan fingerprint density at radius 1 is 1.31 bits per heavy atom. The van der Waals surface area contributed by atoms with Crippen LogP contribution in [0.4, 0.5) is 0 Å². The average molecular weight is 260 g/mol. The largest absolute Gasteiger partial charge is 0.368 e. The Bertz CT molecular complexity index is 370. The molecule has 0 spiro atoms. The van der Waals surface area contributed by atoms with Crippen molar-refractivity contribution in [2.45, 2.75) is 25.6 Å². The second-order valence-electron chi connectivity index (χ2n) is 3.99. The Hall–Kier alpha value is -0.280. The lowest BCUT2D eigenvalue weighted by Crippen LogP contribution is -2.40. The van der Waals surface area contributed by atoms with Crippen LogP contribution < -0.4 is 5.32 Å². The highest BCUT2D eigenvalue weighted by Gasteiger charge is 2.22. The van der Waals surface area contributed by atoms with E-state index in [9.17, 15) is 0 Å². The summed E-state index contributed by atoms with van der Waals surface area (Å²) < 4.78 is 5.95. The molecule has 4 heteroatoms. The zero-order valence-electron chi connectivity index (χ0n) is 9.17. The van der Waals surface area contributed by atoms with Gasteiger partial charge in [-0.3, -0.25) is 0 Å². The van der Waals surface area contributed by atoms with Crippen LogP contribution in [-0.4, -0.2) is 19.2 Å². The first kappa shape index (κ1) is 12.2. The third kappa shape index (κ3) is 2.69. The number of rotatable bonds is 2. The number of hydrogen-bond acceptors (Lipinski definition) is 2. The average Bonchev–Trinajstić information content (AvgIpc) is 2.33. The molecule has 1 N–H and O–H groups in total. The van der Waals surface area contributed by atoms with Crippen molar-refractivity contribution >= 4 is 23.2 Å². The van der Waals surface area contributed by atoms with Crippen LogP contribution in [0.25, 0.3) is 0 Å². The third-order valence-corrected chi connectivity index (χ3v) is 3.57. The fourth-order valence-corrected chi connectivity index (χ4v) is 2.16. The van der Waals surface area contributed by atoms with Gasteiger partial charge in [-0.1, -0.05) is 36.2 Å². The molecule has 2 nitrogen and oxygen atoms in total. The highest BCUT2D eigenvalue weighted by atomic mass is 35.5. The maximum absolute atomic E-state index is 6.00. The molecule has 16 heavy (non-hydrogen) atoms. The smallest absolute Gasteiger partial charge is 0.0954 e. The molecular weight excluding hydrogens is 245 g/mol. The minimum absolute atomic E-state index is 0.0773. The van der Waals surface area contributed by atoms with Gasteiger partial charge >= 0.3 is 0 Å². The Kier molecular flexibility index (Phi) is 4.09. The van der Waals surface area contributed by atoms with Gasteiger partial charge in [0.1, 0.15) is 0 Å². The lowest BCUT2D eigenvalue weighted by Gasteiger charge is -2.30. The van der Waals surface area contributed by atoms with Gasteiger partial charge in [0.05, 0.1) is 22.3 Å². The predicted molar refractivity (Wildman–Crippen MR) is 67.2 cm³/mol. The molecule has 0 aliphatic carbocycles. The quantitative estimate of drug-likeness (QED) is 0.879. The number of ether oxygens (including phenoxy) is 1. The van der Waals surface area contributed by atoms with Gasteiger partial charge in [-0.15, -0.1) is 0 Å². The molecule has 1 saturated heterocycles. The molecule has 1 heterocycles. The lowest BCUT2D eigenvalue weighted by molar-refractivity contribution is -0.0399. The maximum atomic E-state index is 6.00. The van der Waals surface area contributed by atoms with Crippen molar-refractivity contribution in [3.05, 3.63) is 33.8 Å². The summed E-state index contributed by atoms with van der Waals surface area (Å²) >= 11 is 11.9. The van der Waals surface area contributed by atoms with Gasteiger partial charge in [-0.25, -0.2) is 0 Å². The number of halogens is 2. The fourth-order valence-electron chi connectivity index (χ4n) is 1.85. The third-order valence-electron chi connectivity index (χ3n) is 2.83. The van der Waals surface area contributed by atoms with Crippen LogP contribution in [0.3, 0.4) is 0 Å². The lowest BCUT2D eigenvalue weighted by atomic mass is 10.1. The molecule has 0 radical (unpaired) electrons. The van der Waals surface area contributed by atoms with E-state index in [1.54, 1.807) is 0 Å². The first-order valence-corrected chi connectivity index (χ1v) is 6.27. The van der Waals surface area contributed by atoms with E-state index < -0.39 is 0 Å². The van der Waals surface area contributed by atoms with E-state index >= 15 is 0 Å². The molecule has 1 aromatic carbocycles. The summed E-state index contributed by atoms with van der Waals surface area (Å²) in [4.78, 5) is 0. The number of nitrogens with one attached hydrogen (secondary N) is 1. The van der Waals surface area contributed by atoms with Crippen LogP contribution in [0.2, 0.25) is 10.0 Å². The second-order valence-corrected chi connectivity index (χ2v) is 4.80. The molecule has 1 aliphatic rings. The standard InChI is InChI=1S/C12H15Cl2NO/c1-2-9-6-15-7-12(16-9)8-3-4-10(13)11(14)5-8/h3-5,9,12,15H,2,6-7H2,1H3. The van der Waals surface area contributed by atoms with Gasteiger partial charge in [-0.05, 0) is 24.1 Å². The minimum Gasteiger partial charge on any atom is -0.368 e. The topological polar surface area (TPSA) is 21.3 Å². The summed E-state index contributed by atoms with van der Waals surface area (Å²) in [5.74, 6) is 0. The molecule has 1 aliphatic heterocycles. The van der Waals surface area contributed by atoms with Crippen molar-refractivity contribution in [2.75, 3.05) is 13.1 Å². The molecular formula is C12H15Cl2NO. The number of hydrogen-bond donors (Lipinski definition) is 1. The highest BCUT2D eigenvalue weighted by molar-refractivity contribution is 6.42. The second kappa shape index (κ2) is 5.37. The summed E-state index contributed by atoms with van der Waals surface area (Å²) in [6.07, 6.45) is 1.38. The molecule has 0 saturated carbocycles. The summed E-state index contributed by atoms with van der Waals surface area (Å²) in [7, 11) is 0. The SMILES string of the molecule is CCC1CNCC(c2ccc(Cl)c(Cl)c2)O1. The van der Waals surface area contributed by atoms with Crippen LogP contribution in [0.1, 0.15) is 25.0 Å². The molecule has 0 amide bonds. The zero-order valence-corrected chi connectivity index (χ0v) is 10.7. The van der Waals surface area contributed by atoms with Crippen LogP contribution >= 0.6 is 23.2 Å². The molecule has 2 unspecified atom stereocenters. The van der Waals surface area contributed by atoms with Crippen molar-refractivity contribution in [3.8, 4) is 0 Å². The molecule has 1 aromatic rings.